The minimum atomic E-state index is -3.68. The Labute approximate surface area is 243 Å². The number of fused-ring (bicyclic) bond motifs is 1. The quantitative estimate of drug-likeness (QED) is 0.186. The van der Waals surface area contributed by atoms with Crippen LogP contribution in [0.15, 0.2) is 53.5 Å². The predicted octanol–water partition coefficient (Wildman–Crippen LogP) is 7.21. The van der Waals surface area contributed by atoms with Crippen LogP contribution in [0.4, 0.5) is 10.1 Å². The summed E-state index contributed by atoms with van der Waals surface area (Å²) in [4.78, 5) is 13.0. The number of hydrogen-bond acceptors (Lipinski definition) is 5. The van der Waals surface area contributed by atoms with Gasteiger partial charge in [-0.25, -0.2) is 12.8 Å². The lowest BCUT2D eigenvalue weighted by Gasteiger charge is -2.39. The molecule has 1 aliphatic carbocycles. The third-order valence-electron chi connectivity index (χ3n) is 8.22. The van der Waals surface area contributed by atoms with E-state index >= 15 is 0 Å². The van der Waals surface area contributed by atoms with Crippen LogP contribution in [0.25, 0.3) is 22.3 Å². The summed E-state index contributed by atoms with van der Waals surface area (Å²) in [5.74, 6) is -0.254. The van der Waals surface area contributed by atoms with E-state index in [-0.39, 0.29) is 29.5 Å². The summed E-state index contributed by atoms with van der Waals surface area (Å²) in [6.07, 6.45) is 4.95. The van der Waals surface area contributed by atoms with Crippen LogP contribution in [0.2, 0.25) is 18.1 Å². The zero-order valence-corrected chi connectivity index (χ0v) is 26.8. The first-order chi connectivity index (χ1) is 19.1. The van der Waals surface area contributed by atoms with E-state index in [0.29, 0.717) is 40.0 Å². The number of sulfonamides is 1. The Morgan fingerprint density at radius 3 is 2.39 bits per heavy atom. The van der Waals surface area contributed by atoms with Gasteiger partial charge in [-0.15, -0.1) is 6.58 Å². The van der Waals surface area contributed by atoms with Crippen molar-refractivity contribution in [2.45, 2.75) is 70.2 Å². The summed E-state index contributed by atoms with van der Waals surface area (Å²) in [6.45, 7) is 15.0. The minimum Gasteiger partial charge on any atom is -0.455 e. The average Bonchev–Trinajstić information content (AvgIpc) is 3.66. The van der Waals surface area contributed by atoms with E-state index in [4.69, 9.17) is 8.84 Å². The molecule has 10 heteroatoms. The molecule has 1 N–H and O–H groups in total. The third kappa shape index (κ3) is 6.60. The summed E-state index contributed by atoms with van der Waals surface area (Å²) < 4.78 is 54.3. The topological polar surface area (TPSA) is 88.9 Å². The van der Waals surface area contributed by atoms with E-state index in [1.54, 1.807) is 31.3 Å². The second kappa shape index (κ2) is 11.4. The van der Waals surface area contributed by atoms with E-state index in [1.165, 1.54) is 22.7 Å². The first-order valence-corrected chi connectivity index (χ1v) is 18.7. The number of hydrogen-bond donors (Lipinski definition) is 1. The molecule has 0 saturated heterocycles. The van der Waals surface area contributed by atoms with Crippen LogP contribution in [-0.2, 0) is 14.4 Å². The molecule has 41 heavy (non-hydrogen) atoms. The lowest BCUT2D eigenvalue weighted by molar-refractivity contribution is 0.0964. The van der Waals surface area contributed by atoms with Gasteiger partial charge in [0.15, 0.2) is 8.32 Å². The molecule has 1 fully saturated rings. The highest BCUT2D eigenvalue weighted by Crippen LogP contribution is 2.48. The zero-order valence-electron chi connectivity index (χ0n) is 25.0. The summed E-state index contributed by atoms with van der Waals surface area (Å²) in [7, 11) is -4.25. The lowest BCUT2D eigenvalue weighted by atomic mass is 10.0. The highest BCUT2D eigenvalue weighted by Gasteiger charge is 2.39. The first kappa shape index (κ1) is 31.0. The lowest BCUT2D eigenvalue weighted by Crippen LogP contribution is -2.44. The molecule has 1 aromatic heterocycles. The second-order valence-electron chi connectivity index (χ2n) is 12.3. The minimum absolute atomic E-state index is 0.00103. The summed E-state index contributed by atoms with van der Waals surface area (Å²) in [6, 6.07) is 9.35. The first-order valence-electron chi connectivity index (χ1n) is 13.9. The molecule has 222 valence electrons. The van der Waals surface area contributed by atoms with Crippen molar-refractivity contribution >= 4 is 40.9 Å². The standard InChI is InChI=1S/C31H41FN2O5SSi/c1-9-23(39-41(7,8)31(2,3)4)16-17-34(40(6,36)37)26-19-27-25(18-24(26)20-10-11-20)28(30(35)33-5)29(38-27)21-12-14-22(32)15-13-21/h9,12-15,18-20,23H,1,10-11,16-17H2,2-8H3,(H,33,35). The van der Waals surface area contributed by atoms with Gasteiger partial charge in [-0.3, -0.25) is 9.10 Å². The number of amides is 1. The maximum Gasteiger partial charge on any atom is 0.255 e. The van der Waals surface area contributed by atoms with Gasteiger partial charge in [0.1, 0.15) is 17.2 Å². The van der Waals surface area contributed by atoms with Gasteiger partial charge >= 0.3 is 0 Å². The van der Waals surface area contributed by atoms with Crippen LogP contribution in [-0.4, -0.2) is 48.6 Å². The number of nitrogens with zero attached hydrogens (tertiary/aromatic N) is 1. The summed E-state index contributed by atoms with van der Waals surface area (Å²) >= 11 is 0. The molecule has 1 aliphatic rings. The van der Waals surface area contributed by atoms with Gasteiger partial charge in [-0.1, -0.05) is 26.8 Å². The van der Waals surface area contributed by atoms with E-state index in [2.05, 4.69) is 45.8 Å². The number of furan rings is 1. The Balaban J connectivity index is 1.80. The van der Waals surface area contributed by atoms with Crippen molar-refractivity contribution < 1.29 is 26.4 Å². The molecule has 1 heterocycles. The van der Waals surface area contributed by atoms with Gasteiger partial charge in [0.25, 0.3) is 5.91 Å². The fourth-order valence-corrected chi connectivity index (χ4v) is 7.01. The zero-order chi connectivity index (χ0) is 30.3. The molecule has 1 atom stereocenters. The molecule has 0 aliphatic heterocycles. The maximum absolute atomic E-state index is 13.7. The Kier molecular flexibility index (Phi) is 8.60. The van der Waals surface area contributed by atoms with E-state index < -0.39 is 24.2 Å². The highest BCUT2D eigenvalue weighted by molar-refractivity contribution is 7.92. The Hall–Kier alpha value is -2.95. The van der Waals surface area contributed by atoms with Gasteiger partial charge in [0.2, 0.25) is 10.0 Å². The summed E-state index contributed by atoms with van der Waals surface area (Å²) in [5, 5.41) is 3.27. The van der Waals surface area contributed by atoms with Crippen molar-refractivity contribution in [3.05, 3.63) is 66.0 Å². The van der Waals surface area contributed by atoms with Crippen LogP contribution < -0.4 is 9.62 Å². The number of rotatable bonds is 11. The molecule has 0 bridgehead atoms. The molecule has 4 rings (SSSR count). The largest absolute Gasteiger partial charge is 0.455 e. The van der Waals surface area contributed by atoms with Crippen molar-refractivity contribution in [1.82, 2.24) is 5.32 Å². The van der Waals surface area contributed by atoms with Crippen LogP contribution in [0.5, 0.6) is 0 Å². The number of anilines is 1. The molecular weight excluding hydrogens is 560 g/mol. The molecule has 1 amide bonds. The smallest absolute Gasteiger partial charge is 0.255 e. The van der Waals surface area contributed by atoms with Gasteiger partial charge < -0.3 is 14.2 Å². The molecule has 3 aromatic rings. The predicted molar refractivity (Wildman–Crippen MR) is 166 cm³/mol. The van der Waals surface area contributed by atoms with Crippen LogP contribution in [0.3, 0.4) is 0 Å². The highest BCUT2D eigenvalue weighted by atomic mass is 32.2. The van der Waals surface area contributed by atoms with Crippen molar-refractivity contribution in [1.29, 1.82) is 0 Å². The Morgan fingerprint density at radius 1 is 1.24 bits per heavy atom. The molecule has 1 saturated carbocycles. The van der Waals surface area contributed by atoms with Gasteiger partial charge in [0.05, 0.1) is 23.6 Å². The molecule has 2 aromatic carbocycles. The molecule has 7 nitrogen and oxygen atoms in total. The number of carbonyl (C=O) groups is 1. The van der Waals surface area contributed by atoms with Crippen molar-refractivity contribution in [2.24, 2.45) is 0 Å². The fourth-order valence-electron chi connectivity index (χ4n) is 4.73. The monoisotopic (exact) mass is 600 g/mol. The van der Waals surface area contributed by atoms with E-state index in [1.807, 2.05) is 6.07 Å². The number of carbonyl (C=O) groups excluding carboxylic acids is 1. The molecule has 0 radical (unpaired) electrons. The van der Waals surface area contributed by atoms with E-state index in [0.717, 1.165) is 18.4 Å². The number of halogens is 1. The SMILES string of the molecule is C=CC(CCN(c1cc2oc(-c3ccc(F)cc3)c(C(=O)NC)c2cc1C1CC1)S(C)(=O)=O)O[Si](C)(C)C(C)(C)C. The number of benzene rings is 2. The molecule has 0 spiro atoms. The third-order valence-corrected chi connectivity index (χ3v) is 13.9. The van der Waals surface area contributed by atoms with Crippen molar-refractivity contribution in [3.63, 3.8) is 0 Å². The Morgan fingerprint density at radius 2 is 1.88 bits per heavy atom. The maximum atomic E-state index is 13.7. The Bertz CT molecular complexity index is 1550. The van der Waals surface area contributed by atoms with Gasteiger partial charge in [0, 0.05) is 30.6 Å². The molecular formula is C31H41FN2O5SSi. The van der Waals surface area contributed by atoms with E-state index in [9.17, 15) is 17.6 Å². The second-order valence-corrected chi connectivity index (χ2v) is 19.0. The van der Waals surface area contributed by atoms with Crippen LogP contribution in [0.1, 0.15) is 61.9 Å². The van der Waals surface area contributed by atoms with Gasteiger partial charge in [-0.05, 0) is 79.2 Å². The van der Waals surface area contributed by atoms with Gasteiger partial charge in [-0.2, -0.15) is 0 Å². The number of nitrogens with one attached hydrogen (secondary N) is 1. The van der Waals surface area contributed by atoms with Crippen molar-refractivity contribution in [2.75, 3.05) is 24.2 Å². The summed E-state index contributed by atoms with van der Waals surface area (Å²) in [5.41, 5.74) is 2.67. The molecule has 1 unspecified atom stereocenters. The van der Waals surface area contributed by atoms with Crippen LogP contribution >= 0.6 is 0 Å². The average molecular weight is 601 g/mol. The fraction of sp³-hybridized carbons (Fsp3) is 0.452. The van der Waals surface area contributed by atoms with Crippen LogP contribution in [0, 0.1) is 5.82 Å². The van der Waals surface area contributed by atoms with Crippen molar-refractivity contribution in [3.8, 4) is 11.3 Å². The normalized spacial score (nSPS) is 15.1.